The van der Waals surface area contributed by atoms with Gasteiger partial charge in [0.15, 0.2) is 5.96 Å². The summed E-state index contributed by atoms with van der Waals surface area (Å²) >= 11 is 0. The van der Waals surface area contributed by atoms with Gasteiger partial charge in [0.25, 0.3) is 0 Å². The highest BCUT2D eigenvalue weighted by atomic mass is 15.2. The molecule has 0 amide bonds. The summed E-state index contributed by atoms with van der Waals surface area (Å²) in [5, 5.41) is 10.5. The maximum atomic E-state index is 4.71. The fourth-order valence-electron chi connectivity index (χ4n) is 3.03. The number of piperidine rings is 1. The summed E-state index contributed by atoms with van der Waals surface area (Å²) in [6.45, 7) is 13.4. The van der Waals surface area contributed by atoms with Gasteiger partial charge in [-0.2, -0.15) is 0 Å². The van der Waals surface area contributed by atoms with Crippen molar-refractivity contribution < 1.29 is 0 Å². The Morgan fingerprint density at radius 1 is 1.16 bits per heavy atom. The predicted octanol–water partition coefficient (Wildman–Crippen LogP) is 2.60. The fourth-order valence-corrected chi connectivity index (χ4v) is 3.03. The van der Waals surface area contributed by atoms with E-state index in [1.807, 2.05) is 0 Å². The van der Waals surface area contributed by atoms with Crippen LogP contribution in [0.4, 0.5) is 5.69 Å². The third-order valence-corrected chi connectivity index (χ3v) is 4.34. The third kappa shape index (κ3) is 7.34. The van der Waals surface area contributed by atoms with Crippen LogP contribution in [0.15, 0.2) is 35.3 Å². The number of para-hydroxylation sites is 1. The zero-order valence-electron chi connectivity index (χ0n) is 16.3. The summed E-state index contributed by atoms with van der Waals surface area (Å²) < 4.78 is 0. The first kappa shape index (κ1) is 19.6. The fraction of sp³-hybridized carbons (Fsp3) is 0.650. The lowest BCUT2D eigenvalue weighted by Gasteiger charge is -2.34. The molecular formula is C20H35N5. The summed E-state index contributed by atoms with van der Waals surface area (Å²) in [5.74, 6) is 0.941. The number of guanidine groups is 1. The lowest BCUT2D eigenvalue weighted by Crippen LogP contribution is -2.49. The summed E-state index contributed by atoms with van der Waals surface area (Å²) in [7, 11) is 0. The Balaban J connectivity index is 1.78. The Hall–Kier alpha value is -1.75. The minimum atomic E-state index is 0.144. The molecule has 5 nitrogen and oxygen atoms in total. The molecule has 1 aromatic rings. The molecule has 0 radical (unpaired) electrons. The molecule has 1 heterocycles. The second kappa shape index (κ2) is 9.66. The number of rotatable bonds is 6. The minimum absolute atomic E-state index is 0.144. The molecule has 1 aliphatic heterocycles. The molecule has 0 aliphatic carbocycles. The van der Waals surface area contributed by atoms with E-state index in [-0.39, 0.29) is 5.54 Å². The molecule has 2 rings (SSSR count). The van der Waals surface area contributed by atoms with Crippen LogP contribution in [0.3, 0.4) is 0 Å². The Labute approximate surface area is 153 Å². The molecule has 0 spiro atoms. The SMILES string of the molecule is CCNC(=NCCNC(C)(C)C)NC1CCN(c2ccccc2)CC1. The minimum Gasteiger partial charge on any atom is -0.371 e. The number of nitrogens with one attached hydrogen (secondary N) is 3. The normalized spacial score (nSPS) is 16.8. The number of hydrogen-bond acceptors (Lipinski definition) is 3. The van der Waals surface area contributed by atoms with Crippen LogP contribution in [-0.4, -0.2) is 50.3 Å². The van der Waals surface area contributed by atoms with Crippen molar-refractivity contribution in [2.75, 3.05) is 37.6 Å². The second-order valence-electron chi connectivity index (χ2n) is 7.68. The Morgan fingerprint density at radius 2 is 1.84 bits per heavy atom. The van der Waals surface area contributed by atoms with Crippen molar-refractivity contribution in [1.29, 1.82) is 0 Å². The maximum absolute atomic E-state index is 4.71. The average molecular weight is 346 g/mol. The molecule has 0 atom stereocenters. The van der Waals surface area contributed by atoms with Crippen LogP contribution in [-0.2, 0) is 0 Å². The monoisotopic (exact) mass is 345 g/mol. The molecule has 1 aliphatic rings. The molecule has 5 heteroatoms. The van der Waals surface area contributed by atoms with E-state index in [9.17, 15) is 0 Å². The van der Waals surface area contributed by atoms with Gasteiger partial charge in [0.05, 0.1) is 6.54 Å². The van der Waals surface area contributed by atoms with Crippen LogP contribution >= 0.6 is 0 Å². The van der Waals surface area contributed by atoms with E-state index in [1.165, 1.54) is 5.69 Å². The number of anilines is 1. The quantitative estimate of drug-likeness (QED) is 0.421. The van der Waals surface area contributed by atoms with Crippen molar-refractivity contribution in [2.24, 2.45) is 4.99 Å². The number of aliphatic imine (C=N–C) groups is 1. The van der Waals surface area contributed by atoms with Crippen LogP contribution in [0.25, 0.3) is 0 Å². The first-order valence-electron chi connectivity index (χ1n) is 9.58. The average Bonchev–Trinajstić information content (AvgIpc) is 2.59. The smallest absolute Gasteiger partial charge is 0.191 e. The van der Waals surface area contributed by atoms with E-state index in [4.69, 9.17) is 4.99 Å². The van der Waals surface area contributed by atoms with Gasteiger partial charge in [-0.3, -0.25) is 4.99 Å². The van der Waals surface area contributed by atoms with Gasteiger partial charge in [-0.1, -0.05) is 18.2 Å². The topological polar surface area (TPSA) is 51.7 Å². The van der Waals surface area contributed by atoms with Gasteiger partial charge in [0.2, 0.25) is 0 Å². The molecule has 3 N–H and O–H groups in total. The molecule has 0 aromatic heterocycles. The Morgan fingerprint density at radius 3 is 2.44 bits per heavy atom. The van der Waals surface area contributed by atoms with Gasteiger partial charge in [0.1, 0.15) is 0 Å². The molecule has 0 saturated carbocycles. The Bertz CT molecular complexity index is 513. The van der Waals surface area contributed by atoms with Gasteiger partial charge < -0.3 is 20.9 Å². The highest BCUT2D eigenvalue weighted by molar-refractivity contribution is 5.80. The molecule has 0 unspecified atom stereocenters. The molecular weight excluding hydrogens is 310 g/mol. The first-order chi connectivity index (χ1) is 12.0. The third-order valence-electron chi connectivity index (χ3n) is 4.34. The highest BCUT2D eigenvalue weighted by Gasteiger charge is 2.20. The first-order valence-corrected chi connectivity index (χ1v) is 9.58. The van der Waals surface area contributed by atoms with Gasteiger partial charge in [-0.05, 0) is 52.7 Å². The number of benzene rings is 1. The number of hydrogen-bond donors (Lipinski definition) is 3. The summed E-state index contributed by atoms with van der Waals surface area (Å²) in [4.78, 5) is 7.17. The van der Waals surface area contributed by atoms with E-state index in [0.29, 0.717) is 6.04 Å². The van der Waals surface area contributed by atoms with Gasteiger partial charge in [-0.25, -0.2) is 0 Å². The van der Waals surface area contributed by atoms with Gasteiger partial charge in [0, 0.05) is 43.4 Å². The predicted molar refractivity (Wildman–Crippen MR) is 109 cm³/mol. The highest BCUT2D eigenvalue weighted by Crippen LogP contribution is 2.19. The van der Waals surface area contributed by atoms with Crippen molar-refractivity contribution in [1.82, 2.24) is 16.0 Å². The lowest BCUT2D eigenvalue weighted by molar-refractivity contribution is 0.431. The standard InChI is InChI=1S/C20H35N5/c1-5-21-19(22-13-14-23-20(2,3)4)24-17-11-15-25(16-12-17)18-9-7-6-8-10-18/h6-10,17,23H,5,11-16H2,1-4H3,(H2,21,22,24). The zero-order chi connectivity index (χ0) is 18.1. The number of nitrogens with zero attached hydrogens (tertiary/aromatic N) is 2. The maximum Gasteiger partial charge on any atom is 0.191 e. The zero-order valence-corrected chi connectivity index (χ0v) is 16.3. The van der Waals surface area contributed by atoms with Crippen LogP contribution < -0.4 is 20.9 Å². The second-order valence-corrected chi connectivity index (χ2v) is 7.68. The summed E-state index contributed by atoms with van der Waals surface area (Å²) in [6.07, 6.45) is 2.28. The van der Waals surface area contributed by atoms with Gasteiger partial charge in [-0.15, -0.1) is 0 Å². The van der Waals surface area contributed by atoms with E-state index < -0.39 is 0 Å². The summed E-state index contributed by atoms with van der Waals surface area (Å²) in [5.41, 5.74) is 1.47. The van der Waals surface area contributed by atoms with Crippen molar-refractivity contribution in [3.63, 3.8) is 0 Å². The van der Waals surface area contributed by atoms with Crippen LogP contribution in [0.1, 0.15) is 40.5 Å². The lowest BCUT2D eigenvalue weighted by atomic mass is 10.0. The van der Waals surface area contributed by atoms with Crippen molar-refractivity contribution >= 4 is 11.6 Å². The summed E-state index contributed by atoms with van der Waals surface area (Å²) in [6, 6.07) is 11.2. The van der Waals surface area contributed by atoms with Gasteiger partial charge >= 0.3 is 0 Å². The van der Waals surface area contributed by atoms with Crippen LogP contribution in [0, 0.1) is 0 Å². The van der Waals surface area contributed by atoms with Crippen molar-refractivity contribution in [3.05, 3.63) is 30.3 Å². The molecule has 140 valence electrons. The largest absolute Gasteiger partial charge is 0.371 e. The molecule has 25 heavy (non-hydrogen) atoms. The molecule has 1 fully saturated rings. The molecule has 0 bridgehead atoms. The van der Waals surface area contributed by atoms with Crippen LogP contribution in [0.5, 0.6) is 0 Å². The molecule has 1 aromatic carbocycles. The van der Waals surface area contributed by atoms with E-state index in [1.54, 1.807) is 0 Å². The van der Waals surface area contributed by atoms with E-state index in [2.05, 4.69) is 78.9 Å². The van der Waals surface area contributed by atoms with Crippen LogP contribution in [0.2, 0.25) is 0 Å². The Kier molecular flexibility index (Phi) is 7.56. The van der Waals surface area contributed by atoms with E-state index in [0.717, 1.165) is 51.5 Å². The van der Waals surface area contributed by atoms with Crippen molar-refractivity contribution in [2.45, 2.75) is 52.1 Å². The van der Waals surface area contributed by atoms with E-state index >= 15 is 0 Å². The van der Waals surface area contributed by atoms with Crippen molar-refractivity contribution in [3.8, 4) is 0 Å². The molecule has 1 saturated heterocycles.